The third-order valence-corrected chi connectivity index (χ3v) is 3.89. The molecule has 0 spiro atoms. The Hall–Kier alpha value is -3.65. The first kappa shape index (κ1) is 19.1. The highest BCUT2D eigenvalue weighted by Gasteiger charge is 2.04. The van der Waals surface area contributed by atoms with Crippen LogP contribution in [0.5, 0.6) is 11.6 Å². The summed E-state index contributed by atoms with van der Waals surface area (Å²) in [4.78, 5) is 11.1. The fourth-order valence-corrected chi connectivity index (χ4v) is 2.66. The Bertz CT molecular complexity index is 972. The van der Waals surface area contributed by atoms with Gasteiger partial charge in [-0.3, -0.25) is 4.79 Å². The van der Waals surface area contributed by atoms with E-state index in [1.807, 2.05) is 61.5 Å². The molecule has 1 N–H and O–H groups in total. The smallest absolute Gasteiger partial charge is 0.238 e. The van der Waals surface area contributed by atoms with Gasteiger partial charge >= 0.3 is 0 Å². The van der Waals surface area contributed by atoms with Crippen LogP contribution in [0.15, 0.2) is 66.7 Å². The summed E-state index contributed by atoms with van der Waals surface area (Å²) < 4.78 is 5.62. The van der Waals surface area contributed by atoms with E-state index in [-0.39, 0.29) is 11.9 Å². The standard InChI is InChI=1S/C23H21N3O2/c1-17(24-18(2)27)16-20-10-8-19(9-11-20)12-13-21-14-15-23(26-25-21)28-22-6-4-3-5-7-22/h3-11,14-15,17H,16H2,1-2H3,(H,24,27). The molecule has 1 aromatic heterocycles. The molecular formula is C23H21N3O2. The predicted molar refractivity (Wildman–Crippen MR) is 108 cm³/mol. The molecule has 3 rings (SSSR count). The van der Waals surface area contributed by atoms with E-state index in [2.05, 4.69) is 27.4 Å². The van der Waals surface area contributed by atoms with Crippen molar-refractivity contribution in [1.29, 1.82) is 0 Å². The number of aromatic nitrogens is 2. The summed E-state index contributed by atoms with van der Waals surface area (Å²) in [5, 5.41) is 11.0. The summed E-state index contributed by atoms with van der Waals surface area (Å²) in [6.45, 7) is 3.51. The first-order valence-electron chi connectivity index (χ1n) is 9.03. The monoisotopic (exact) mass is 371 g/mol. The Morgan fingerprint density at radius 3 is 2.39 bits per heavy atom. The number of amides is 1. The van der Waals surface area contributed by atoms with Gasteiger partial charge in [-0.15, -0.1) is 10.2 Å². The summed E-state index contributed by atoms with van der Waals surface area (Å²) in [5.74, 6) is 7.20. The number of ether oxygens (including phenoxy) is 1. The molecule has 3 aromatic rings. The highest BCUT2D eigenvalue weighted by atomic mass is 16.5. The number of carbonyl (C=O) groups excluding carboxylic acids is 1. The zero-order valence-corrected chi connectivity index (χ0v) is 15.8. The van der Waals surface area contributed by atoms with Crippen molar-refractivity contribution in [3.8, 4) is 23.5 Å². The number of para-hydroxylation sites is 1. The molecule has 1 atom stereocenters. The normalized spacial score (nSPS) is 11.1. The minimum absolute atomic E-state index is 0.0173. The van der Waals surface area contributed by atoms with Gasteiger partial charge in [0.2, 0.25) is 11.8 Å². The Morgan fingerprint density at radius 1 is 1.00 bits per heavy atom. The lowest BCUT2D eigenvalue weighted by atomic mass is 10.1. The van der Waals surface area contributed by atoms with Gasteiger partial charge in [0.25, 0.3) is 0 Å². The fraction of sp³-hybridized carbons (Fsp3) is 0.174. The molecule has 0 saturated carbocycles. The molecule has 0 aliphatic heterocycles. The number of hydrogen-bond acceptors (Lipinski definition) is 4. The van der Waals surface area contributed by atoms with Gasteiger partial charge in [-0.05, 0) is 55.2 Å². The van der Waals surface area contributed by atoms with Crippen LogP contribution in [0.4, 0.5) is 0 Å². The minimum Gasteiger partial charge on any atom is -0.438 e. The van der Waals surface area contributed by atoms with Crippen molar-refractivity contribution in [3.63, 3.8) is 0 Å². The fourth-order valence-electron chi connectivity index (χ4n) is 2.66. The lowest BCUT2D eigenvalue weighted by Crippen LogP contribution is -2.31. The van der Waals surface area contributed by atoms with Crippen molar-refractivity contribution in [2.24, 2.45) is 0 Å². The van der Waals surface area contributed by atoms with Crippen LogP contribution in [-0.4, -0.2) is 22.1 Å². The van der Waals surface area contributed by atoms with Crippen molar-refractivity contribution in [2.75, 3.05) is 0 Å². The minimum atomic E-state index is -0.0173. The molecule has 1 heterocycles. The van der Waals surface area contributed by atoms with E-state index in [4.69, 9.17) is 4.74 Å². The van der Waals surface area contributed by atoms with Crippen LogP contribution in [0.25, 0.3) is 0 Å². The van der Waals surface area contributed by atoms with Crippen LogP contribution in [0.2, 0.25) is 0 Å². The molecule has 28 heavy (non-hydrogen) atoms. The zero-order valence-electron chi connectivity index (χ0n) is 15.8. The number of benzene rings is 2. The van der Waals surface area contributed by atoms with Gasteiger partial charge < -0.3 is 10.1 Å². The molecule has 1 amide bonds. The van der Waals surface area contributed by atoms with Crippen LogP contribution >= 0.6 is 0 Å². The summed E-state index contributed by atoms with van der Waals surface area (Å²) in [6.07, 6.45) is 0.779. The summed E-state index contributed by atoms with van der Waals surface area (Å²) in [7, 11) is 0. The third-order valence-electron chi connectivity index (χ3n) is 3.89. The SMILES string of the molecule is CC(=O)NC(C)Cc1ccc(C#Cc2ccc(Oc3ccccc3)nn2)cc1. The van der Waals surface area contributed by atoms with E-state index >= 15 is 0 Å². The van der Waals surface area contributed by atoms with Crippen molar-refractivity contribution in [2.45, 2.75) is 26.3 Å². The predicted octanol–water partition coefficient (Wildman–Crippen LogP) is 3.74. The van der Waals surface area contributed by atoms with Crippen molar-refractivity contribution < 1.29 is 9.53 Å². The average molecular weight is 371 g/mol. The van der Waals surface area contributed by atoms with Gasteiger partial charge in [0.05, 0.1) is 0 Å². The van der Waals surface area contributed by atoms with Crippen LogP contribution in [0.1, 0.15) is 30.7 Å². The average Bonchev–Trinajstić information content (AvgIpc) is 2.69. The van der Waals surface area contributed by atoms with Crippen LogP contribution < -0.4 is 10.1 Å². The van der Waals surface area contributed by atoms with E-state index in [1.54, 1.807) is 12.1 Å². The molecular weight excluding hydrogens is 350 g/mol. The highest BCUT2D eigenvalue weighted by molar-refractivity contribution is 5.73. The number of hydrogen-bond donors (Lipinski definition) is 1. The maximum Gasteiger partial charge on any atom is 0.238 e. The molecule has 140 valence electrons. The maximum absolute atomic E-state index is 11.1. The Labute approximate surface area is 164 Å². The lowest BCUT2D eigenvalue weighted by Gasteiger charge is -2.12. The van der Waals surface area contributed by atoms with Gasteiger partial charge in [0.1, 0.15) is 11.4 Å². The number of nitrogens with zero attached hydrogens (tertiary/aromatic N) is 2. The van der Waals surface area contributed by atoms with Crippen molar-refractivity contribution in [1.82, 2.24) is 15.5 Å². The number of carbonyl (C=O) groups is 1. The van der Waals surface area contributed by atoms with Gasteiger partial charge in [0.15, 0.2) is 0 Å². The van der Waals surface area contributed by atoms with Crippen LogP contribution in [0, 0.1) is 11.8 Å². The maximum atomic E-state index is 11.1. The molecule has 0 fully saturated rings. The third kappa shape index (κ3) is 5.96. The van der Waals surface area contributed by atoms with Gasteiger partial charge in [-0.1, -0.05) is 36.3 Å². The molecule has 0 saturated heterocycles. The lowest BCUT2D eigenvalue weighted by molar-refractivity contribution is -0.119. The van der Waals surface area contributed by atoms with E-state index in [1.165, 1.54) is 6.92 Å². The molecule has 5 nitrogen and oxygen atoms in total. The first-order valence-corrected chi connectivity index (χ1v) is 9.03. The zero-order chi connectivity index (χ0) is 19.8. The van der Waals surface area contributed by atoms with Crippen molar-refractivity contribution >= 4 is 5.91 Å². The summed E-state index contributed by atoms with van der Waals surface area (Å²) >= 11 is 0. The van der Waals surface area contributed by atoms with E-state index in [9.17, 15) is 4.79 Å². The molecule has 0 aliphatic carbocycles. The number of nitrogens with one attached hydrogen (secondary N) is 1. The quantitative estimate of drug-likeness (QED) is 0.694. The molecule has 2 aromatic carbocycles. The first-order chi connectivity index (χ1) is 13.6. The molecule has 5 heteroatoms. The van der Waals surface area contributed by atoms with E-state index in [0.717, 1.165) is 17.5 Å². The summed E-state index contributed by atoms with van der Waals surface area (Å²) in [5.41, 5.74) is 2.61. The Morgan fingerprint density at radius 2 is 1.75 bits per heavy atom. The van der Waals surface area contributed by atoms with E-state index in [0.29, 0.717) is 17.3 Å². The molecule has 0 bridgehead atoms. The molecule has 0 radical (unpaired) electrons. The molecule has 0 aliphatic rings. The second-order valence-corrected chi connectivity index (χ2v) is 6.42. The highest BCUT2D eigenvalue weighted by Crippen LogP contribution is 2.17. The second kappa shape index (κ2) is 9.33. The molecule has 1 unspecified atom stereocenters. The largest absolute Gasteiger partial charge is 0.438 e. The Balaban J connectivity index is 1.59. The van der Waals surface area contributed by atoms with Gasteiger partial charge in [-0.25, -0.2) is 0 Å². The topological polar surface area (TPSA) is 64.1 Å². The van der Waals surface area contributed by atoms with Crippen LogP contribution in [-0.2, 0) is 11.2 Å². The van der Waals surface area contributed by atoms with Crippen molar-refractivity contribution in [3.05, 3.63) is 83.6 Å². The van der Waals surface area contributed by atoms with Gasteiger partial charge in [-0.2, -0.15) is 0 Å². The summed E-state index contributed by atoms with van der Waals surface area (Å²) in [6, 6.07) is 21.0. The Kier molecular flexibility index (Phi) is 6.37. The van der Waals surface area contributed by atoms with Crippen LogP contribution in [0.3, 0.4) is 0 Å². The number of rotatable bonds is 5. The van der Waals surface area contributed by atoms with E-state index < -0.39 is 0 Å². The van der Waals surface area contributed by atoms with Gasteiger partial charge in [0, 0.05) is 24.6 Å². The second-order valence-electron chi connectivity index (χ2n) is 6.42.